The molecule has 2 aromatic heterocycles. The number of piperidine rings is 1. The fourth-order valence-corrected chi connectivity index (χ4v) is 3.79. The SMILES string of the molecule is O=C(c1cocn1)N1CCC2(CC1)CO[C@@H](COCc1ccccn1)C2. The van der Waals surface area contributed by atoms with Crippen molar-refractivity contribution in [3.63, 3.8) is 0 Å². The maximum absolute atomic E-state index is 12.4. The molecular formula is C19H23N3O4. The van der Waals surface area contributed by atoms with Gasteiger partial charge in [0.1, 0.15) is 6.26 Å². The molecule has 0 bridgehead atoms. The molecule has 0 aromatic carbocycles. The summed E-state index contributed by atoms with van der Waals surface area (Å²) in [6.07, 6.45) is 7.48. The molecule has 0 N–H and O–H groups in total. The van der Waals surface area contributed by atoms with E-state index in [4.69, 9.17) is 13.9 Å². The molecule has 26 heavy (non-hydrogen) atoms. The highest BCUT2D eigenvalue weighted by molar-refractivity contribution is 5.91. The zero-order valence-electron chi connectivity index (χ0n) is 14.7. The number of carbonyl (C=O) groups is 1. The van der Waals surface area contributed by atoms with Gasteiger partial charge in [-0.1, -0.05) is 6.07 Å². The summed E-state index contributed by atoms with van der Waals surface area (Å²) < 4.78 is 16.7. The monoisotopic (exact) mass is 357 g/mol. The lowest BCUT2D eigenvalue weighted by Crippen LogP contribution is -2.43. The summed E-state index contributed by atoms with van der Waals surface area (Å²) >= 11 is 0. The normalized spacial score (nSPS) is 22.0. The molecule has 4 rings (SSSR count). The van der Waals surface area contributed by atoms with Gasteiger partial charge in [-0.15, -0.1) is 0 Å². The fourth-order valence-electron chi connectivity index (χ4n) is 3.79. The van der Waals surface area contributed by atoms with Crippen LogP contribution < -0.4 is 0 Å². The Hall–Kier alpha value is -2.25. The van der Waals surface area contributed by atoms with Gasteiger partial charge in [-0.3, -0.25) is 9.78 Å². The fraction of sp³-hybridized carbons (Fsp3) is 0.526. The van der Waals surface area contributed by atoms with E-state index < -0.39 is 0 Å². The molecule has 7 nitrogen and oxygen atoms in total. The molecule has 1 spiro atoms. The predicted octanol–water partition coefficient (Wildman–Crippen LogP) is 2.30. The van der Waals surface area contributed by atoms with Gasteiger partial charge in [-0.05, 0) is 36.8 Å². The predicted molar refractivity (Wildman–Crippen MR) is 92.3 cm³/mol. The maximum Gasteiger partial charge on any atom is 0.275 e. The van der Waals surface area contributed by atoms with Gasteiger partial charge in [-0.25, -0.2) is 4.98 Å². The van der Waals surface area contributed by atoms with Gasteiger partial charge in [0.05, 0.1) is 31.6 Å². The van der Waals surface area contributed by atoms with Gasteiger partial charge in [-0.2, -0.15) is 0 Å². The number of oxazole rings is 1. The average Bonchev–Trinajstić information content (AvgIpc) is 3.34. The Morgan fingerprint density at radius 2 is 2.19 bits per heavy atom. The van der Waals surface area contributed by atoms with Crippen LogP contribution in [0.15, 0.2) is 41.5 Å². The topological polar surface area (TPSA) is 77.7 Å². The lowest BCUT2D eigenvalue weighted by molar-refractivity contribution is 0.00574. The summed E-state index contributed by atoms with van der Waals surface area (Å²) in [5, 5.41) is 0. The molecule has 2 aromatic rings. The Bertz CT molecular complexity index is 712. The summed E-state index contributed by atoms with van der Waals surface area (Å²) in [6, 6.07) is 5.81. The number of carbonyl (C=O) groups excluding carboxylic acids is 1. The summed E-state index contributed by atoms with van der Waals surface area (Å²) in [5.74, 6) is -0.0530. The van der Waals surface area contributed by atoms with Crippen molar-refractivity contribution in [2.45, 2.75) is 32.0 Å². The van der Waals surface area contributed by atoms with E-state index in [9.17, 15) is 4.79 Å². The zero-order chi connectivity index (χ0) is 17.8. The van der Waals surface area contributed by atoms with Crippen molar-refractivity contribution < 1.29 is 18.7 Å². The molecule has 138 valence electrons. The number of ether oxygens (including phenoxy) is 2. The Balaban J connectivity index is 1.23. The molecule has 2 saturated heterocycles. The third-order valence-electron chi connectivity index (χ3n) is 5.33. The molecule has 7 heteroatoms. The van der Waals surface area contributed by atoms with Crippen LogP contribution in [0, 0.1) is 5.41 Å². The quantitative estimate of drug-likeness (QED) is 0.817. The minimum atomic E-state index is -0.0530. The number of amides is 1. The van der Waals surface area contributed by atoms with E-state index in [2.05, 4.69) is 9.97 Å². The summed E-state index contributed by atoms with van der Waals surface area (Å²) in [5.41, 5.74) is 1.48. The van der Waals surface area contributed by atoms with Crippen LogP contribution >= 0.6 is 0 Å². The Morgan fingerprint density at radius 3 is 2.92 bits per heavy atom. The largest absolute Gasteiger partial charge is 0.451 e. The van der Waals surface area contributed by atoms with Crippen LogP contribution in [0.25, 0.3) is 0 Å². The number of hydrogen-bond acceptors (Lipinski definition) is 6. The highest BCUT2D eigenvalue weighted by Crippen LogP contribution is 2.42. The van der Waals surface area contributed by atoms with E-state index >= 15 is 0 Å². The number of aromatic nitrogens is 2. The Labute approximate surface area is 152 Å². The summed E-state index contributed by atoms with van der Waals surface area (Å²) in [7, 11) is 0. The van der Waals surface area contributed by atoms with E-state index in [0.717, 1.165) is 44.7 Å². The van der Waals surface area contributed by atoms with Gasteiger partial charge in [0.15, 0.2) is 12.1 Å². The van der Waals surface area contributed by atoms with Crippen LogP contribution in [0.3, 0.4) is 0 Å². The van der Waals surface area contributed by atoms with Crippen molar-refractivity contribution >= 4 is 5.91 Å². The van der Waals surface area contributed by atoms with Gasteiger partial charge in [0.25, 0.3) is 5.91 Å². The average molecular weight is 357 g/mol. The molecule has 2 aliphatic heterocycles. The number of rotatable bonds is 5. The van der Waals surface area contributed by atoms with Gasteiger partial charge in [0, 0.05) is 19.3 Å². The first-order valence-electron chi connectivity index (χ1n) is 9.01. The number of nitrogens with zero attached hydrogens (tertiary/aromatic N) is 3. The minimum Gasteiger partial charge on any atom is -0.451 e. The second-order valence-electron chi connectivity index (χ2n) is 7.14. The van der Waals surface area contributed by atoms with Crippen molar-refractivity contribution in [1.29, 1.82) is 0 Å². The highest BCUT2D eigenvalue weighted by atomic mass is 16.5. The maximum atomic E-state index is 12.4. The molecule has 1 atom stereocenters. The number of hydrogen-bond donors (Lipinski definition) is 0. The third-order valence-corrected chi connectivity index (χ3v) is 5.33. The van der Waals surface area contributed by atoms with Crippen LogP contribution in [-0.2, 0) is 16.1 Å². The molecule has 2 aliphatic rings. The van der Waals surface area contributed by atoms with Crippen LogP contribution in [-0.4, -0.2) is 53.2 Å². The van der Waals surface area contributed by atoms with Crippen molar-refractivity contribution in [3.8, 4) is 0 Å². The van der Waals surface area contributed by atoms with Crippen LogP contribution in [0.5, 0.6) is 0 Å². The van der Waals surface area contributed by atoms with Crippen LogP contribution in [0.4, 0.5) is 0 Å². The summed E-state index contributed by atoms with van der Waals surface area (Å²) in [4.78, 5) is 22.4. The van der Waals surface area contributed by atoms with Gasteiger partial charge < -0.3 is 18.8 Å². The number of likely N-dealkylation sites (tertiary alicyclic amines) is 1. The van der Waals surface area contributed by atoms with Crippen molar-refractivity contribution in [2.75, 3.05) is 26.3 Å². The van der Waals surface area contributed by atoms with Crippen molar-refractivity contribution in [2.24, 2.45) is 5.41 Å². The zero-order valence-corrected chi connectivity index (χ0v) is 14.7. The molecule has 0 unspecified atom stereocenters. The van der Waals surface area contributed by atoms with E-state index in [1.165, 1.54) is 12.7 Å². The Kier molecular flexibility index (Phi) is 4.99. The third kappa shape index (κ3) is 3.78. The first kappa shape index (κ1) is 17.2. The second kappa shape index (κ2) is 7.55. The smallest absolute Gasteiger partial charge is 0.275 e. The van der Waals surface area contributed by atoms with Crippen molar-refractivity contribution in [3.05, 3.63) is 48.4 Å². The first-order chi connectivity index (χ1) is 12.7. The van der Waals surface area contributed by atoms with Crippen molar-refractivity contribution in [1.82, 2.24) is 14.9 Å². The van der Waals surface area contributed by atoms with Crippen LogP contribution in [0.1, 0.15) is 35.4 Å². The molecule has 4 heterocycles. The lowest BCUT2D eigenvalue weighted by atomic mass is 9.76. The molecule has 0 radical (unpaired) electrons. The van der Waals surface area contributed by atoms with E-state index in [0.29, 0.717) is 18.9 Å². The van der Waals surface area contributed by atoms with Crippen LogP contribution in [0.2, 0.25) is 0 Å². The summed E-state index contributed by atoms with van der Waals surface area (Å²) in [6.45, 7) is 3.30. The molecular weight excluding hydrogens is 334 g/mol. The first-order valence-corrected chi connectivity index (χ1v) is 9.01. The molecule has 0 aliphatic carbocycles. The molecule has 2 fully saturated rings. The minimum absolute atomic E-state index is 0.0530. The van der Waals surface area contributed by atoms with E-state index in [1.54, 1.807) is 6.20 Å². The van der Waals surface area contributed by atoms with E-state index in [1.807, 2.05) is 23.1 Å². The highest BCUT2D eigenvalue weighted by Gasteiger charge is 2.43. The Morgan fingerprint density at radius 1 is 1.31 bits per heavy atom. The molecule has 1 amide bonds. The lowest BCUT2D eigenvalue weighted by Gasteiger charge is -2.38. The van der Waals surface area contributed by atoms with Gasteiger partial charge in [0.2, 0.25) is 0 Å². The molecule has 0 saturated carbocycles. The van der Waals surface area contributed by atoms with E-state index in [-0.39, 0.29) is 17.4 Å². The van der Waals surface area contributed by atoms with Gasteiger partial charge >= 0.3 is 0 Å². The number of pyridine rings is 1. The second-order valence-corrected chi connectivity index (χ2v) is 7.14. The standard InChI is InChI=1S/C19H23N3O4/c23-18(17-12-25-14-21-17)22-7-4-19(5-8-22)9-16(26-13-19)11-24-10-15-3-1-2-6-20-15/h1-3,6,12,14,16H,4-5,7-11,13H2/t16-/m1/s1.